The summed E-state index contributed by atoms with van der Waals surface area (Å²) in [7, 11) is 3.18. The smallest absolute Gasteiger partial charge is 0.193 e. The fourth-order valence-corrected chi connectivity index (χ4v) is 4.14. The first-order valence-electron chi connectivity index (χ1n) is 9.30. The highest BCUT2D eigenvalue weighted by Gasteiger charge is 2.36. The van der Waals surface area contributed by atoms with Gasteiger partial charge in [-0.1, -0.05) is 29.3 Å². The van der Waals surface area contributed by atoms with Gasteiger partial charge in [-0.3, -0.25) is 4.99 Å². The summed E-state index contributed by atoms with van der Waals surface area (Å²) in [4.78, 5) is 4.62. The Morgan fingerprint density at radius 2 is 1.80 bits per heavy atom. The summed E-state index contributed by atoms with van der Waals surface area (Å²) in [5.74, 6) is 1.57. The van der Waals surface area contributed by atoms with Crippen LogP contribution in [0.1, 0.15) is 18.4 Å². The SMILES string of the molecule is COc1ccc(NC(N)=NCC2(c3ccc(Cl)cc3Cl)CCOCC2)cc1OC.I. The average molecular weight is 566 g/mol. The molecule has 0 saturated carbocycles. The van der Waals surface area contributed by atoms with Gasteiger partial charge in [0.1, 0.15) is 0 Å². The van der Waals surface area contributed by atoms with Crippen LogP contribution in [0.4, 0.5) is 5.69 Å². The normalized spacial score (nSPS) is 15.8. The highest BCUT2D eigenvalue weighted by molar-refractivity contribution is 14.0. The molecule has 3 rings (SSSR count). The van der Waals surface area contributed by atoms with Crippen LogP contribution in [0.3, 0.4) is 0 Å². The third-order valence-corrected chi connectivity index (χ3v) is 5.71. The topological polar surface area (TPSA) is 78.1 Å². The summed E-state index contributed by atoms with van der Waals surface area (Å²) in [6.45, 7) is 1.79. The number of anilines is 1. The Morgan fingerprint density at radius 1 is 1.10 bits per heavy atom. The fourth-order valence-electron chi connectivity index (χ4n) is 3.53. The summed E-state index contributed by atoms with van der Waals surface area (Å²) in [5.41, 5.74) is 7.70. The van der Waals surface area contributed by atoms with E-state index in [0.29, 0.717) is 47.3 Å². The Hall–Kier alpha value is -1.42. The second kappa shape index (κ2) is 11.3. The molecule has 30 heavy (non-hydrogen) atoms. The van der Waals surface area contributed by atoms with Crippen molar-refractivity contribution in [2.45, 2.75) is 18.3 Å². The van der Waals surface area contributed by atoms with Gasteiger partial charge in [0.05, 0.1) is 20.8 Å². The lowest BCUT2D eigenvalue weighted by Gasteiger charge is -2.37. The molecule has 2 aromatic carbocycles. The molecule has 1 aliphatic heterocycles. The minimum Gasteiger partial charge on any atom is -0.493 e. The van der Waals surface area contributed by atoms with Gasteiger partial charge in [-0.05, 0) is 42.7 Å². The van der Waals surface area contributed by atoms with Crippen molar-refractivity contribution in [3.05, 3.63) is 52.0 Å². The van der Waals surface area contributed by atoms with Crippen molar-refractivity contribution >= 4 is 58.8 Å². The number of halogens is 3. The predicted molar refractivity (Wildman–Crippen MR) is 133 cm³/mol. The molecule has 0 bridgehead atoms. The van der Waals surface area contributed by atoms with E-state index in [-0.39, 0.29) is 29.4 Å². The minimum absolute atomic E-state index is 0. The first kappa shape index (κ1) is 24.8. The lowest BCUT2D eigenvalue weighted by molar-refractivity contribution is 0.0532. The van der Waals surface area contributed by atoms with Gasteiger partial charge >= 0.3 is 0 Å². The van der Waals surface area contributed by atoms with Gasteiger partial charge < -0.3 is 25.3 Å². The molecule has 1 aliphatic rings. The average Bonchev–Trinajstić information content (AvgIpc) is 2.73. The lowest BCUT2D eigenvalue weighted by atomic mass is 9.74. The van der Waals surface area contributed by atoms with Crippen LogP contribution < -0.4 is 20.5 Å². The molecule has 0 aromatic heterocycles. The van der Waals surface area contributed by atoms with Gasteiger partial charge in [-0.15, -0.1) is 24.0 Å². The molecular formula is C21H26Cl2IN3O3. The Morgan fingerprint density at radius 3 is 2.43 bits per heavy atom. The maximum Gasteiger partial charge on any atom is 0.193 e. The van der Waals surface area contributed by atoms with Crippen molar-refractivity contribution < 1.29 is 14.2 Å². The van der Waals surface area contributed by atoms with Gasteiger partial charge in [0, 0.05) is 40.4 Å². The van der Waals surface area contributed by atoms with Crippen molar-refractivity contribution in [1.82, 2.24) is 0 Å². The van der Waals surface area contributed by atoms with Crippen molar-refractivity contribution in [1.29, 1.82) is 0 Å². The third-order valence-electron chi connectivity index (χ3n) is 5.16. The van der Waals surface area contributed by atoms with Crippen LogP contribution in [0.5, 0.6) is 11.5 Å². The van der Waals surface area contributed by atoms with Gasteiger partial charge in [0.15, 0.2) is 17.5 Å². The highest BCUT2D eigenvalue weighted by Crippen LogP contribution is 2.40. The largest absolute Gasteiger partial charge is 0.493 e. The molecule has 1 saturated heterocycles. The fraction of sp³-hybridized carbons (Fsp3) is 0.381. The van der Waals surface area contributed by atoms with E-state index < -0.39 is 0 Å². The molecule has 9 heteroatoms. The molecule has 1 heterocycles. The second-order valence-corrected chi connectivity index (χ2v) is 7.76. The highest BCUT2D eigenvalue weighted by atomic mass is 127. The quantitative estimate of drug-likeness (QED) is 0.289. The van der Waals surface area contributed by atoms with Crippen LogP contribution in [0.15, 0.2) is 41.4 Å². The number of hydrogen-bond acceptors (Lipinski definition) is 4. The molecule has 0 spiro atoms. The number of nitrogens with two attached hydrogens (primary N) is 1. The number of ether oxygens (including phenoxy) is 3. The first-order valence-corrected chi connectivity index (χ1v) is 10.1. The molecule has 0 aliphatic carbocycles. The standard InChI is InChI=1S/C21H25Cl2N3O3.HI/c1-27-18-6-4-15(12-19(18)28-2)26-20(24)25-13-21(7-9-29-10-8-21)16-5-3-14(22)11-17(16)23;/h3-6,11-12H,7-10,13H2,1-2H3,(H3,24,25,26);1H. The monoisotopic (exact) mass is 565 g/mol. The maximum absolute atomic E-state index is 6.51. The number of hydrogen-bond donors (Lipinski definition) is 2. The van der Waals surface area contributed by atoms with Crippen molar-refractivity contribution in [2.75, 3.05) is 39.3 Å². The molecule has 164 valence electrons. The molecule has 0 unspecified atom stereocenters. The summed E-state index contributed by atoms with van der Waals surface area (Å²) in [6, 6.07) is 11.1. The van der Waals surface area contributed by atoms with Gasteiger partial charge in [0.2, 0.25) is 0 Å². The molecule has 0 amide bonds. The lowest BCUT2D eigenvalue weighted by Crippen LogP contribution is -2.38. The van der Waals surface area contributed by atoms with Gasteiger partial charge in [0.25, 0.3) is 0 Å². The number of nitrogens with one attached hydrogen (secondary N) is 1. The van der Waals surface area contributed by atoms with Crippen LogP contribution in [-0.2, 0) is 10.2 Å². The number of benzene rings is 2. The summed E-state index contributed by atoms with van der Waals surface area (Å²) < 4.78 is 16.2. The Bertz CT molecular complexity index is 890. The molecule has 1 fully saturated rings. The summed E-state index contributed by atoms with van der Waals surface area (Å²) in [6.07, 6.45) is 1.61. The predicted octanol–water partition coefficient (Wildman–Crippen LogP) is 5.10. The zero-order valence-electron chi connectivity index (χ0n) is 16.9. The maximum atomic E-state index is 6.51. The molecule has 3 N–H and O–H groups in total. The summed E-state index contributed by atoms with van der Waals surface area (Å²) >= 11 is 12.6. The number of methoxy groups -OCH3 is 2. The third kappa shape index (κ3) is 5.84. The van der Waals surface area contributed by atoms with Crippen molar-refractivity contribution in [3.8, 4) is 11.5 Å². The van der Waals surface area contributed by atoms with Crippen molar-refractivity contribution in [3.63, 3.8) is 0 Å². The Kier molecular flexibility index (Phi) is 9.33. The van der Waals surface area contributed by atoms with E-state index in [9.17, 15) is 0 Å². The first-order chi connectivity index (χ1) is 14.0. The minimum atomic E-state index is -0.246. The zero-order chi connectivity index (χ0) is 20.9. The van der Waals surface area contributed by atoms with E-state index in [1.165, 1.54) is 0 Å². The van der Waals surface area contributed by atoms with E-state index >= 15 is 0 Å². The van der Waals surface area contributed by atoms with Crippen LogP contribution in [0.25, 0.3) is 0 Å². The van der Waals surface area contributed by atoms with E-state index in [1.54, 1.807) is 20.3 Å². The summed E-state index contributed by atoms with van der Waals surface area (Å²) in [5, 5.41) is 4.36. The van der Waals surface area contributed by atoms with E-state index in [0.717, 1.165) is 24.1 Å². The molecule has 6 nitrogen and oxygen atoms in total. The van der Waals surface area contributed by atoms with Crippen LogP contribution >= 0.6 is 47.2 Å². The molecular weight excluding hydrogens is 540 g/mol. The number of rotatable bonds is 6. The molecule has 0 radical (unpaired) electrons. The van der Waals surface area contributed by atoms with Gasteiger partial charge in [-0.25, -0.2) is 0 Å². The molecule has 2 aromatic rings. The van der Waals surface area contributed by atoms with Gasteiger partial charge in [-0.2, -0.15) is 0 Å². The zero-order valence-corrected chi connectivity index (χ0v) is 20.8. The Labute approximate surface area is 204 Å². The van der Waals surface area contributed by atoms with E-state index in [2.05, 4.69) is 10.3 Å². The number of guanidine groups is 1. The van der Waals surface area contributed by atoms with Crippen LogP contribution in [0.2, 0.25) is 10.0 Å². The van der Waals surface area contributed by atoms with E-state index in [1.807, 2.05) is 30.3 Å². The number of nitrogens with zero attached hydrogens (tertiary/aromatic N) is 1. The molecule has 0 atom stereocenters. The van der Waals surface area contributed by atoms with E-state index in [4.69, 9.17) is 43.1 Å². The number of aliphatic imine (C=N–C) groups is 1. The Balaban J connectivity index is 0.00000320. The second-order valence-electron chi connectivity index (χ2n) is 6.91. The van der Waals surface area contributed by atoms with Crippen LogP contribution in [-0.4, -0.2) is 39.9 Å². The van der Waals surface area contributed by atoms with Crippen LogP contribution in [0, 0.1) is 0 Å². The van der Waals surface area contributed by atoms with Crippen molar-refractivity contribution in [2.24, 2.45) is 10.7 Å².